The number of ether oxygens (including phenoxy) is 1. The van der Waals surface area contributed by atoms with Crippen LogP contribution in [0.2, 0.25) is 0 Å². The zero-order valence-electron chi connectivity index (χ0n) is 19.3. The normalized spacial score (nSPS) is 16.9. The van der Waals surface area contributed by atoms with Crippen molar-refractivity contribution in [1.29, 1.82) is 0 Å². The summed E-state index contributed by atoms with van der Waals surface area (Å²) in [6, 6.07) is 19.7. The van der Waals surface area contributed by atoms with E-state index in [0.717, 1.165) is 50.7 Å². The van der Waals surface area contributed by atoms with Crippen LogP contribution in [0.5, 0.6) is 5.75 Å². The van der Waals surface area contributed by atoms with Gasteiger partial charge in [-0.15, -0.1) is 0 Å². The van der Waals surface area contributed by atoms with Gasteiger partial charge in [-0.3, -0.25) is 9.89 Å². The summed E-state index contributed by atoms with van der Waals surface area (Å²) >= 11 is 0. The lowest BCUT2D eigenvalue weighted by Crippen LogP contribution is -2.49. The molecule has 0 aromatic heterocycles. The number of nitrogens with one attached hydrogen (secondary N) is 2. The molecule has 168 valence electrons. The average molecular weight is 424 g/mol. The Morgan fingerprint density at radius 1 is 1.13 bits per heavy atom. The molecule has 2 aromatic rings. The van der Waals surface area contributed by atoms with Crippen molar-refractivity contribution in [2.45, 2.75) is 31.5 Å². The van der Waals surface area contributed by atoms with Gasteiger partial charge in [0.15, 0.2) is 5.96 Å². The molecule has 0 bridgehead atoms. The van der Waals surface area contributed by atoms with Gasteiger partial charge in [0.05, 0.1) is 13.2 Å². The van der Waals surface area contributed by atoms with Crippen molar-refractivity contribution in [2.24, 2.45) is 4.99 Å². The van der Waals surface area contributed by atoms with Crippen LogP contribution in [0, 0.1) is 0 Å². The van der Waals surface area contributed by atoms with Crippen LogP contribution in [0.4, 0.5) is 0 Å². The van der Waals surface area contributed by atoms with Gasteiger partial charge in [0.1, 0.15) is 5.75 Å². The highest BCUT2D eigenvalue weighted by Crippen LogP contribution is 2.22. The van der Waals surface area contributed by atoms with Crippen LogP contribution in [-0.4, -0.2) is 69.7 Å². The van der Waals surface area contributed by atoms with E-state index in [4.69, 9.17) is 4.74 Å². The molecular formula is C25H37N5O. The smallest absolute Gasteiger partial charge is 0.191 e. The second-order valence-electron chi connectivity index (χ2n) is 8.39. The molecular weight excluding hydrogens is 386 g/mol. The third kappa shape index (κ3) is 6.97. The highest BCUT2D eigenvalue weighted by Gasteiger charge is 2.21. The lowest BCUT2D eigenvalue weighted by atomic mass is 10.0. The maximum Gasteiger partial charge on any atom is 0.191 e. The van der Waals surface area contributed by atoms with Gasteiger partial charge >= 0.3 is 0 Å². The summed E-state index contributed by atoms with van der Waals surface area (Å²) in [7, 11) is 7.75. The van der Waals surface area contributed by atoms with E-state index in [1.54, 1.807) is 7.11 Å². The molecule has 1 unspecified atom stereocenters. The maximum atomic E-state index is 5.40. The highest BCUT2D eigenvalue weighted by molar-refractivity contribution is 5.80. The number of likely N-dealkylation sites (N-methyl/N-ethyl adjacent to an activating group) is 1. The Morgan fingerprint density at radius 3 is 2.52 bits per heavy atom. The third-order valence-electron chi connectivity index (χ3n) is 5.97. The quantitative estimate of drug-likeness (QED) is 0.505. The van der Waals surface area contributed by atoms with Crippen LogP contribution in [0.1, 0.15) is 30.0 Å². The number of methoxy groups -OCH3 is 1. The van der Waals surface area contributed by atoms with E-state index in [1.165, 1.54) is 11.1 Å². The number of benzene rings is 2. The van der Waals surface area contributed by atoms with E-state index < -0.39 is 0 Å². The highest BCUT2D eigenvalue weighted by atomic mass is 16.5. The Kier molecular flexibility index (Phi) is 8.74. The fourth-order valence-corrected chi connectivity index (χ4v) is 4.11. The molecule has 0 radical (unpaired) electrons. The number of rotatable bonds is 8. The SMILES string of the molecule is CN=C(NCC(c1cccc(OC)c1)N(C)C)NC1CCN(Cc2ccccc2)CC1. The van der Waals surface area contributed by atoms with E-state index in [0.29, 0.717) is 6.04 Å². The van der Waals surface area contributed by atoms with Gasteiger partial charge < -0.3 is 20.3 Å². The molecule has 31 heavy (non-hydrogen) atoms. The van der Waals surface area contributed by atoms with Crippen LogP contribution in [-0.2, 0) is 6.54 Å². The summed E-state index contributed by atoms with van der Waals surface area (Å²) in [5, 5.41) is 7.16. The molecule has 1 fully saturated rings. The number of likely N-dealkylation sites (tertiary alicyclic amines) is 1. The van der Waals surface area contributed by atoms with Crippen molar-refractivity contribution >= 4 is 5.96 Å². The minimum Gasteiger partial charge on any atom is -0.497 e. The van der Waals surface area contributed by atoms with Crippen molar-refractivity contribution in [1.82, 2.24) is 20.4 Å². The van der Waals surface area contributed by atoms with Gasteiger partial charge in [-0.25, -0.2) is 0 Å². The first-order valence-electron chi connectivity index (χ1n) is 11.1. The lowest BCUT2D eigenvalue weighted by molar-refractivity contribution is 0.198. The number of nitrogens with zero attached hydrogens (tertiary/aromatic N) is 3. The third-order valence-corrected chi connectivity index (χ3v) is 5.97. The summed E-state index contributed by atoms with van der Waals surface area (Å²) in [5.74, 6) is 1.75. The van der Waals surface area contributed by atoms with Gasteiger partial charge in [0, 0.05) is 39.3 Å². The van der Waals surface area contributed by atoms with E-state index >= 15 is 0 Å². The van der Waals surface area contributed by atoms with Gasteiger partial charge in [0.2, 0.25) is 0 Å². The standard InChI is InChI=1S/C25H37N5O/c1-26-25(27-18-24(29(2)3)21-11-8-12-23(17-21)31-4)28-22-13-15-30(16-14-22)19-20-9-6-5-7-10-20/h5-12,17,22,24H,13-16,18-19H2,1-4H3,(H2,26,27,28). The van der Waals surface area contributed by atoms with Crippen LogP contribution in [0.3, 0.4) is 0 Å². The van der Waals surface area contributed by atoms with Crippen molar-refractivity contribution in [3.05, 3.63) is 65.7 Å². The minimum absolute atomic E-state index is 0.223. The van der Waals surface area contributed by atoms with Gasteiger partial charge in [-0.1, -0.05) is 42.5 Å². The topological polar surface area (TPSA) is 52.1 Å². The van der Waals surface area contributed by atoms with Crippen LogP contribution in [0.25, 0.3) is 0 Å². The molecule has 1 atom stereocenters. The van der Waals surface area contributed by atoms with Crippen molar-refractivity contribution < 1.29 is 4.74 Å². The minimum atomic E-state index is 0.223. The summed E-state index contributed by atoms with van der Waals surface area (Å²) < 4.78 is 5.40. The molecule has 0 aliphatic carbocycles. The summed E-state index contributed by atoms with van der Waals surface area (Å²) in [6.45, 7) is 4.01. The molecule has 1 saturated heterocycles. The zero-order chi connectivity index (χ0) is 22.1. The van der Waals surface area contributed by atoms with Crippen molar-refractivity contribution in [3.63, 3.8) is 0 Å². The average Bonchev–Trinajstić information content (AvgIpc) is 2.80. The fraction of sp³-hybridized carbons (Fsp3) is 0.480. The molecule has 0 saturated carbocycles. The predicted octanol–water partition coefficient (Wildman–Crippen LogP) is 3.13. The van der Waals surface area contributed by atoms with Crippen LogP contribution in [0.15, 0.2) is 59.6 Å². The van der Waals surface area contributed by atoms with Crippen LogP contribution < -0.4 is 15.4 Å². The first-order valence-corrected chi connectivity index (χ1v) is 11.1. The number of aliphatic imine (C=N–C) groups is 1. The predicted molar refractivity (Wildman–Crippen MR) is 129 cm³/mol. The maximum absolute atomic E-state index is 5.40. The van der Waals surface area contributed by atoms with Gasteiger partial charge in [0.25, 0.3) is 0 Å². The Morgan fingerprint density at radius 2 is 1.87 bits per heavy atom. The first-order chi connectivity index (χ1) is 15.1. The Balaban J connectivity index is 1.48. The zero-order valence-corrected chi connectivity index (χ0v) is 19.3. The molecule has 1 aliphatic heterocycles. The number of hydrogen-bond acceptors (Lipinski definition) is 4. The van der Waals surface area contributed by atoms with Gasteiger partial charge in [-0.05, 0) is 50.2 Å². The molecule has 6 nitrogen and oxygen atoms in total. The van der Waals surface area contributed by atoms with Crippen molar-refractivity contribution in [2.75, 3.05) is 47.9 Å². The summed E-state index contributed by atoms with van der Waals surface area (Å²) in [6.07, 6.45) is 2.25. The van der Waals surface area contributed by atoms with E-state index in [2.05, 4.69) is 82.0 Å². The Labute approximate surface area is 187 Å². The van der Waals surface area contributed by atoms with E-state index in [-0.39, 0.29) is 6.04 Å². The van der Waals surface area contributed by atoms with Crippen LogP contribution >= 0.6 is 0 Å². The van der Waals surface area contributed by atoms with Gasteiger partial charge in [-0.2, -0.15) is 0 Å². The second-order valence-corrected chi connectivity index (χ2v) is 8.39. The fourth-order valence-electron chi connectivity index (χ4n) is 4.11. The Hall–Kier alpha value is -2.57. The summed E-state index contributed by atoms with van der Waals surface area (Å²) in [4.78, 5) is 9.22. The molecule has 2 aromatic carbocycles. The molecule has 1 heterocycles. The second kappa shape index (κ2) is 11.7. The molecule has 0 amide bonds. The largest absolute Gasteiger partial charge is 0.497 e. The number of piperidine rings is 1. The molecule has 2 N–H and O–H groups in total. The monoisotopic (exact) mass is 423 g/mol. The number of hydrogen-bond donors (Lipinski definition) is 2. The van der Waals surface area contributed by atoms with E-state index in [9.17, 15) is 0 Å². The lowest BCUT2D eigenvalue weighted by Gasteiger charge is -2.33. The first kappa shape index (κ1) is 23.1. The molecule has 0 spiro atoms. The number of guanidine groups is 1. The molecule has 3 rings (SSSR count). The molecule has 1 aliphatic rings. The van der Waals surface area contributed by atoms with E-state index in [1.807, 2.05) is 19.2 Å². The molecule has 6 heteroatoms. The summed E-state index contributed by atoms with van der Waals surface area (Å²) in [5.41, 5.74) is 2.61. The Bertz CT molecular complexity index is 816. The van der Waals surface area contributed by atoms with Crippen molar-refractivity contribution in [3.8, 4) is 5.75 Å².